The van der Waals surface area contributed by atoms with Crippen molar-refractivity contribution in [2.24, 2.45) is 11.3 Å². The van der Waals surface area contributed by atoms with Crippen LogP contribution in [0.4, 0.5) is 0 Å². The number of hydrogen-bond acceptors (Lipinski definition) is 6. The molecule has 0 aliphatic heterocycles. The molecule has 2 fully saturated rings. The van der Waals surface area contributed by atoms with Gasteiger partial charge >= 0.3 is 11.9 Å². The monoisotopic (exact) mass is 453 g/mol. The molecule has 1 amide bonds. The van der Waals surface area contributed by atoms with Crippen LogP contribution in [0.1, 0.15) is 72.1 Å². The van der Waals surface area contributed by atoms with Gasteiger partial charge in [0.05, 0.1) is 36.7 Å². The molecular formula is C24H39NO7. The van der Waals surface area contributed by atoms with Crippen molar-refractivity contribution in [3.8, 4) is 0 Å². The van der Waals surface area contributed by atoms with Crippen molar-refractivity contribution < 1.29 is 33.7 Å². The normalized spacial score (nSPS) is 23.6. The highest BCUT2D eigenvalue weighted by atomic mass is 16.6. The van der Waals surface area contributed by atoms with Gasteiger partial charge in [-0.05, 0) is 59.3 Å². The van der Waals surface area contributed by atoms with Crippen LogP contribution in [-0.2, 0) is 28.6 Å². The van der Waals surface area contributed by atoms with Gasteiger partial charge < -0.3 is 24.6 Å². The zero-order valence-electron chi connectivity index (χ0n) is 19.9. The summed E-state index contributed by atoms with van der Waals surface area (Å²) in [5, 5.41) is 12.3. The Balaban J connectivity index is 2.15. The summed E-state index contributed by atoms with van der Waals surface area (Å²) in [5.74, 6) is -1.66. The van der Waals surface area contributed by atoms with Crippen LogP contribution in [0.3, 0.4) is 0 Å². The Morgan fingerprint density at radius 1 is 1.06 bits per heavy atom. The molecule has 0 aromatic carbocycles. The van der Waals surface area contributed by atoms with Crippen LogP contribution in [0.25, 0.3) is 0 Å². The van der Waals surface area contributed by atoms with E-state index in [0.717, 1.165) is 12.8 Å². The van der Waals surface area contributed by atoms with Crippen LogP contribution in [0.15, 0.2) is 11.6 Å². The maximum Gasteiger partial charge on any atom is 0.336 e. The van der Waals surface area contributed by atoms with Crippen LogP contribution >= 0.6 is 0 Å². The van der Waals surface area contributed by atoms with Crippen molar-refractivity contribution in [1.82, 2.24) is 5.32 Å². The SMILES string of the molecule is COCCOC/C(=C\C1(C(=O)N[C@H]2CC[C@@H](C(=O)O)CC2)CCCC1)C(=O)OC(C)(C)C. The first-order valence-electron chi connectivity index (χ1n) is 11.6. The summed E-state index contributed by atoms with van der Waals surface area (Å²) in [6.07, 6.45) is 7.34. The third kappa shape index (κ3) is 7.89. The van der Waals surface area contributed by atoms with Crippen molar-refractivity contribution in [3.05, 3.63) is 11.6 Å². The molecular weight excluding hydrogens is 414 g/mol. The largest absolute Gasteiger partial charge is 0.481 e. The van der Waals surface area contributed by atoms with Gasteiger partial charge in [0.1, 0.15) is 5.60 Å². The fraction of sp³-hybridized carbons (Fsp3) is 0.792. The van der Waals surface area contributed by atoms with Gasteiger partial charge in [-0.25, -0.2) is 4.79 Å². The third-order valence-electron chi connectivity index (χ3n) is 6.16. The van der Waals surface area contributed by atoms with Gasteiger partial charge in [0.2, 0.25) is 5.91 Å². The first-order valence-corrected chi connectivity index (χ1v) is 11.6. The zero-order valence-corrected chi connectivity index (χ0v) is 19.9. The molecule has 0 atom stereocenters. The number of carboxylic acids is 1. The molecule has 8 nitrogen and oxygen atoms in total. The molecule has 0 saturated heterocycles. The van der Waals surface area contributed by atoms with E-state index in [2.05, 4.69) is 5.32 Å². The Bertz CT molecular complexity index is 681. The maximum atomic E-state index is 13.4. The number of carboxylic acid groups (broad SMARTS) is 1. The lowest BCUT2D eigenvalue weighted by atomic mass is 9.81. The molecule has 0 unspecified atom stereocenters. The number of ether oxygens (including phenoxy) is 3. The molecule has 0 aromatic heterocycles. The predicted molar refractivity (Wildman–Crippen MR) is 119 cm³/mol. The fourth-order valence-corrected chi connectivity index (χ4v) is 4.42. The number of carbonyl (C=O) groups excluding carboxylic acids is 2. The highest BCUT2D eigenvalue weighted by molar-refractivity contribution is 5.92. The quantitative estimate of drug-likeness (QED) is 0.297. The highest BCUT2D eigenvalue weighted by Crippen LogP contribution is 2.41. The van der Waals surface area contributed by atoms with Crippen molar-refractivity contribution in [1.29, 1.82) is 0 Å². The van der Waals surface area contributed by atoms with Crippen LogP contribution < -0.4 is 5.32 Å². The summed E-state index contributed by atoms with van der Waals surface area (Å²) in [5.41, 5.74) is -1.08. The summed E-state index contributed by atoms with van der Waals surface area (Å²) in [7, 11) is 1.58. The number of methoxy groups -OCH3 is 1. The van der Waals surface area contributed by atoms with Gasteiger partial charge in [0.15, 0.2) is 0 Å². The number of rotatable bonds is 10. The number of amides is 1. The second-order valence-corrected chi connectivity index (χ2v) is 9.94. The number of nitrogens with one attached hydrogen (secondary N) is 1. The van der Waals surface area contributed by atoms with Crippen molar-refractivity contribution in [2.75, 3.05) is 26.9 Å². The highest BCUT2D eigenvalue weighted by Gasteiger charge is 2.41. The average molecular weight is 454 g/mol. The van der Waals surface area contributed by atoms with E-state index in [1.807, 2.05) is 0 Å². The minimum Gasteiger partial charge on any atom is -0.481 e. The topological polar surface area (TPSA) is 111 Å². The van der Waals surface area contributed by atoms with Crippen molar-refractivity contribution >= 4 is 17.8 Å². The van der Waals surface area contributed by atoms with Crippen molar-refractivity contribution in [3.63, 3.8) is 0 Å². The molecule has 0 heterocycles. The van der Waals surface area contributed by atoms with Gasteiger partial charge in [0, 0.05) is 13.2 Å². The fourth-order valence-electron chi connectivity index (χ4n) is 4.42. The van der Waals surface area contributed by atoms with Crippen LogP contribution in [0.5, 0.6) is 0 Å². The lowest BCUT2D eigenvalue weighted by Gasteiger charge is -2.32. The lowest BCUT2D eigenvalue weighted by Crippen LogP contribution is -2.45. The molecule has 2 N–H and O–H groups in total. The average Bonchev–Trinajstić information content (AvgIpc) is 3.19. The standard InChI is InChI=1S/C24H39NO7/c1-23(2,3)32-21(28)18(16-31-14-13-30-4)15-24(11-5-6-12-24)22(29)25-19-9-7-17(8-10-19)20(26)27/h15,17,19H,5-14,16H2,1-4H3,(H,25,29)(H,26,27)/b18-15+/t17-,19+. The number of carbonyl (C=O) groups is 3. The molecule has 0 radical (unpaired) electrons. The van der Waals surface area contributed by atoms with Gasteiger partial charge in [-0.1, -0.05) is 18.9 Å². The Morgan fingerprint density at radius 3 is 2.22 bits per heavy atom. The summed E-state index contributed by atoms with van der Waals surface area (Å²) in [4.78, 5) is 37.5. The maximum absolute atomic E-state index is 13.4. The van der Waals surface area contributed by atoms with Crippen molar-refractivity contribution in [2.45, 2.75) is 83.8 Å². The molecule has 182 valence electrons. The van der Waals surface area contributed by atoms with Gasteiger partial charge in [-0.2, -0.15) is 0 Å². The van der Waals surface area contributed by atoms with Gasteiger partial charge in [0.25, 0.3) is 0 Å². The molecule has 32 heavy (non-hydrogen) atoms. The molecule has 8 heteroatoms. The molecule has 0 aromatic rings. The molecule has 2 saturated carbocycles. The van der Waals surface area contributed by atoms with Crippen LogP contribution in [-0.4, -0.2) is 61.5 Å². The Hall–Kier alpha value is -1.93. The van der Waals surface area contributed by atoms with E-state index in [1.165, 1.54) is 0 Å². The minimum absolute atomic E-state index is 0.0353. The van der Waals surface area contributed by atoms with Crippen LogP contribution in [0, 0.1) is 11.3 Å². The molecule has 0 spiro atoms. The Kier molecular flexibility index (Phi) is 9.70. The number of esters is 1. The van der Waals surface area contributed by atoms with E-state index in [1.54, 1.807) is 34.0 Å². The second kappa shape index (κ2) is 11.8. The summed E-state index contributed by atoms with van der Waals surface area (Å²) < 4.78 is 16.2. The first-order chi connectivity index (χ1) is 15.1. The number of hydrogen-bond donors (Lipinski definition) is 2. The van der Waals surface area contributed by atoms with E-state index >= 15 is 0 Å². The molecule has 2 rings (SSSR count). The lowest BCUT2D eigenvalue weighted by molar-refractivity contribution is -0.150. The predicted octanol–water partition coefficient (Wildman–Crippen LogP) is 3.24. The van der Waals surface area contributed by atoms with Crippen LogP contribution in [0.2, 0.25) is 0 Å². The van der Waals surface area contributed by atoms with E-state index in [-0.39, 0.29) is 24.5 Å². The smallest absolute Gasteiger partial charge is 0.336 e. The molecule has 2 aliphatic carbocycles. The summed E-state index contributed by atoms with van der Waals surface area (Å²) in [6, 6.07) is -0.0353. The summed E-state index contributed by atoms with van der Waals surface area (Å²) >= 11 is 0. The number of aliphatic carboxylic acids is 1. The Labute approximate surface area is 191 Å². The van der Waals surface area contributed by atoms with E-state index in [4.69, 9.17) is 14.2 Å². The van der Waals surface area contributed by atoms with E-state index in [0.29, 0.717) is 57.3 Å². The third-order valence-corrected chi connectivity index (χ3v) is 6.16. The molecule has 0 bridgehead atoms. The van der Waals surface area contributed by atoms with Gasteiger partial charge in [-0.3, -0.25) is 9.59 Å². The summed E-state index contributed by atoms with van der Waals surface area (Å²) in [6.45, 7) is 6.21. The van der Waals surface area contributed by atoms with E-state index < -0.39 is 23.0 Å². The van der Waals surface area contributed by atoms with Gasteiger partial charge in [-0.15, -0.1) is 0 Å². The first kappa shape index (κ1) is 26.3. The minimum atomic E-state index is -0.777. The zero-order chi connectivity index (χ0) is 23.8. The molecule has 2 aliphatic rings. The Morgan fingerprint density at radius 2 is 1.69 bits per heavy atom. The van der Waals surface area contributed by atoms with E-state index in [9.17, 15) is 19.5 Å². The second-order valence-electron chi connectivity index (χ2n) is 9.94.